The van der Waals surface area contributed by atoms with Crippen LogP contribution in [0.1, 0.15) is 39.2 Å². The summed E-state index contributed by atoms with van der Waals surface area (Å²) in [5.41, 5.74) is 1.85. The quantitative estimate of drug-likeness (QED) is 0.822. The molecule has 3 amide bonds. The molecule has 6 heteroatoms. The molecule has 2 heterocycles. The first-order valence-corrected chi connectivity index (χ1v) is 9.50. The lowest BCUT2D eigenvalue weighted by molar-refractivity contribution is -0.130. The highest BCUT2D eigenvalue weighted by Crippen LogP contribution is 2.27. The second-order valence-corrected chi connectivity index (χ2v) is 7.91. The van der Waals surface area contributed by atoms with Crippen LogP contribution in [-0.2, 0) is 11.3 Å². The molecular formula is C20H30N4O2. The summed E-state index contributed by atoms with van der Waals surface area (Å²) < 4.78 is 0. The molecule has 0 spiro atoms. The Hall–Kier alpha value is -2.08. The highest BCUT2D eigenvalue weighted by molar-refractivity contribution is 6.06. The molecule has 0 aliphatic carbocycles. The molecule has 3 rings (SSSR count). The zero-order chi connectivity index (χ0) is 18.9. The van der Waals surface area contributed by atoms with Crippen LogP contribution in [-0.4, -0.2) is 60.0 Å². The van der Waals surface area contributed by atoms with E-state index in [9.17, 15) is 9.59 Å². The zero-order valence-electron chi connectivity index (χ0n) is 16.3. The molecule has 2 aliphatic heterocycles. The second-order valence-electron chi connectivity index (χ2n) is 7.91. The van der Waals surface area contributed by atoms with Crippen molar-refractivity contribution in [2.24, 2.45) is 0 Å². The van der Waals surface area contributed by atoms with Gasteiger partial charge in [-0.1, -0.05) is 25.1 Å². The Bertz CT molecular complexity index is 688. The number of benzene rings is 1. The molecule has 1 saturated heterocycles. The molecule has 1 fully saturated rings. The fourth-order valence-corrected chi connectivity index (χ4v) is 4.00. The van der Waals surface area contributed by atoms with E-state index in [-0.39, 0.29) is 11.9 Å². The Morgan fingerprint density at radius 3 is 2.58 bits per heavy atom. The van der Waals surface area contributed by atoms with Gasteiger partial charge >= 0.3 is 6.03 Å². The van der Waals surface area contributed by atoms with Crippen LogP contribution in [0.5, 0.6) is 0 Å². The molecule has 0 aromatic heterocycles. The van der Waals surface area contributed by atoms with E-state index >= 15 is 0 Å². The maximum atomic E-state index is 12.3. The van der Waals surface area contributed by atoms with Gasteiger partial charge in [-0.05, 0) is 38.3 Å². The fourth-order valence-electron chi connectivity index (χ4n) is 4.00. The number of hydrogen-bond acceptors (Lipinski definition) is 4. The lowest BCUT2D eigenvalue weighted by atomic mass is 10.1. The Kier molecular flexibility index (Phi) is 5.23. The van der Waals surface area contributed by atoms with Crippen molar-refractivity contribution in [2.45, 2.75) is 51.7 Å². The molecule has 2 aliphatic rings. The van der Waals surface area contributed by atoms with Crippen LogP contribution in [0.25, 0.3) is 0 Å². The van der Waals surface area contributed by atoms with Gasteiger partial charge in [0.05, 0.1) is 0 Å². The number of para-hydroxylation sites is 1. The van der Waals surface area contributed by atoms with E-state index in [1.165, 1.54) is 16.2 Å². The highest BCUT2D eigenvalue weighted by atomic mass is 16.2. The average molecular weight is 358 g/mol. The van der Waals surface area contributed by atoms with Crippen LogP contribution in [0, 0.1) is 0 Å². The first kappa shape index (κ1) is 18.7. The summed E-state index contributed by atoms with van der Waals surface area (Å²) in [7, 11) is 2.15. The van der Waals surface area contributed by atoms with Gasteiger partial charge in [0.2, 0.25) is 0 Å². The average Bonchev–Trinajstić information content (AvgIpc) is 2.72. The summed E-state index contributed by atoms with van der Waals surface area (Å²) in [5, 5.41) is 2.75. The number of nitrogens with one attached hydrogen (secondary N) is 1. The number of imide groups is 1. The van der Waals surface area contributed by atoms with Gasteiger partial charge in [-0.25, -0.2) is 4.79 Å². The highest BCUT2D eigenvalue weighted by Gasteiger charge is 2.43. The van der Waals surface area contributed by atoms with Crippen LogP contribution in [0.15, 0.2) is 24.3 Å². The van der Waals surface area contributed by atoms with E-state index in [1.807, 2.05) is 0 Å². The second kappa shape index (κ2) is 7.27. The summed E-state index contributed by atoms with van der Waals surface area (Å²) >= 11 is 0. The number of urea groups is 1. The Morgan fingerprint density at radius 2 is 1.92 bits per heavy atom. The molecule has 0 bridgehead atoms. The molecule has 6 nitrogen and oxygen atoms in total. The number of carbonyl (C=O) groups is 2. The maximum absolute atomic E-state index is 12.3. The molecule has 1 aromatic carbocycles. The number of likely N-dealkylation sites (N-methyl/N-ethyl adjacent to an activating group) is 1. The van der Waals surface area contributed by atoms with Crippen LogP contribution >= 0.6 is 0 Å². The lowest BCUT2D eigenvalue weighted by Gasteiger charge is -2.31. The lowest BCUT2D eigenvalue weighted by Crippen LogP contribution is -2.42. The molecule has 26 heavy (non-hydrogen) atoms. The first-order valence-electron chi connectivity index (χ1n) is 9.50. The molecule has 1 unspecified atom stereocenters. The molecule has 1 aromatic rings. The van der Waals surface area contributed by atoms with E-state index in [2.05, 4.69) is 53.4 Å². The Balaban J connectivity index is 1.65. The van der Waals surface area contributed by atoms with Gasteiger partial charge in [0.15, 0.2) is 0 Å². The fraction of sp³-hybridized carbons (Fsp3) is 0.600. The van der Waals surface area contributed by atoms with Crippen LogP contribution < -0.4 is 10.2 Å². The Labute approximate surface area is 156 Å². The van der Waals surface area contributed by atoms with Crippen LogP contribution in [0.2, 0.25) is 0 Å². The molecule has 0 saturated carbocycles. The van der Waals surface area contributed by atoms with Gasteiger partial charge in [0.1, 0.15) is 5.54 Å². The van der Waals surface area contributed by atoms with E-state index in [0.717, 1.165) is 32.5 Å². The van der Waals surface area contributed by atoms with Crippen molar-refractivity contribution in [3.05, 3.63) is 29.8 Å². The summed E-state index contributed by atoms with van der Waals surface area (Å²) in [4.78, 5) is 30.6. The smallest absolute Gasteiger partial charge is 0.325 e. The maximum Gasteiger partial charge on any atom is 0.325 e. The molecule has 142 valence electrons. The predicted molar refractivity (Wildman–Crippen MR) is 103 cm³/mol. The third-order valence-electron chi connectivity index (χ3n) is 5.52. The molecular weight excluding hydrogens is 328 g/mol. The van der Waals surface area contributed by atoms with Crippen LogP contribution in [0.4, 0.5) is 10.5 Å². The van der Waals surface area contributed by atoms with Gasteiger partial charge in [-0.2, -0.15) is 0 Å². The third kappa shape index (κ3) is 3.56. The van der Waals surface area contributed by atoms with E-state index in [0.29, 0.717) is 12.6 Å². The topological polar surface area (TPSA) is 55.9 Å². The third-order valence-corrected chi connectivity index (χ3v) is 5.52. The number of nitrogens with zero attached hydrogens (tertiary/aromatic N) is 3. The van der Waals surface area contributed by atoms with Crippen molar-refractivity contribution < 1.29 is 9.59 Å². The van der Waals surface area contributed by atoms with Gasteiger partial charge in [-0.15, -0.1) is 0 Å². The van der Waals surface area contributed by atoms with Crippen molar-refractivity contribution in [1.82, 2.24) is 15.1 Å². The van der Waals surface area contributed by atoms with Crippen molar-refractivity contribution in [2.75, 3.05) is 31.6 Å². The van der Waals surface area contributed by atoms with Gasteiger partial charge in [-0.3, -0.25) is 14.6 Å². The SMILES string of the molecule is CCC1CN(C)c2ccccc2CN1CCCN1C(=O)NC(C)(C)C1=O. The number of anilines is 1. The van der Waals surface area contributed by atoms with E-state index in [4.69, 9.17) is 0 Å². The number of carbonyl (C=O) groups excluding carboxylic acids is 2. The standard InChI is InChI=1S/C20H30N4O2/c1-5-16-14-22(4)17-10-7-6-9-15(17)13-23(16)11-8-12-24-18(25)20(2,3)21-19(24)26/h6-7,9-10,16H,5,8,11-14H2,1-4H3,(H,21,26). The van der Waals surface area contributed by atoms with Gasteiger partial charge in [0, 0.05) is 45.0 Å². The Morgan fingerprint density at radius 1 is 1.19 bits per heavy atom. The minimum atomic E-state index is -0.784. The first-order chi connectivity index (χ1) is 12.3. The largest absolute Gasteiger partial charge is 0.373 e. The van der Waals surface area contributed by atoms with Gasteiger partial charge in [0.25, 0.3) is 5.91 Å². The van der Waals surface area contributed by atoms with Crippen molar-refractivity contribution in [3.63, 3.8) is 0 Å². The van der Waals surface area contributed by atoms with Gasteiger partial charge < -0.3 is 10.2 Å². The van der Waals surface area contributed by atoms with E-state index < -0.39 is 5.54 Å². The van der Waals surface area contributed by atoms with E-state index in [1.54, 1.807) is 13.8 Å². The van der Waals surface area contributed by atoms with Crippen LogP contribution in [0.3, 0.4) is 0 Å². The summed E-state index contributed by atoms with van der Waals surface area (Å²) in [6.45, 7) is 8.97. The number of fused-ring (bicyclic) bond motifs is 1. The molecule has 1 N–H and O–H groups in total. The number of hydrogen-bond donors (Lipinski definition) is 1. The van der Waals surface area contributed by atoms with Crippen molar-refractivity contribution in [1.29, 1.82) is 0 Å². The number of amides is 3. The number of rotatable bonds is 5. The minimum absolute atomic E-state index is 0.129. The minimum Gasteiger partial charge on any atom is -0.373 e. The monoisotopic (exact) mass is 358 g/mol. The molecule has 1 atom stereocenters. The van der Waals surface area contributed by atoms with Crippen molar-refractivity contribution in [3.8, 4) is 0 Å². The predicted octanol–water partition coefficient (Wildman–Crippen LogP) is 2.44. The van der Waals surface area contributed by atoms with Crippen molar-refractivity contribution >= 4 is 17.6 Å². The molecule has 0 radical (unpaired) electrons. The zero-order valence-corrected chi connectivity index (χ0v) is 16.3. The summed E-state index contributed by atoms with van der Waals surface area (Å²) in [5.74, 6) is -0.129. The summed E-state index contributed by atoms with van der Waals surface area (Å²) in [6, 6.07) is 8.75. The summed E-state index contributed by atoms with van der Waals surface area (Å²) in [6.07, 6.45) is 1.87. The normalized spacial score (nSPS) is 23.0.